The molecule has 33 heavy (non-hydrogen) atoms. The molecule has 172 valence electrons. The number of benzene rings is 3. The fraction of sp³-hybridized carbons (Fsp3) is 0.259. The number of phenolic OH excluding ortho intramolecular Hbond substituents is 1. The van der Waals surface area contributed by atoms with Crippen LogP contribution in [0.15, 0.2) is 78.9 Å². The Morgan fingerprint density at radius 1 is 0.879 bits per heavy atom. The Balaban J connectivity index is 1.61. The van der Waals surface area contributed by atoms with Crippen LogP contribution in [0.5, 0.6) is 5.75 Å². The first-order valence-electron chi connectivity index (χ1n) is 10.9. The fourth-order valence-electron chi connectivity index (χ4n) is 3.95. The van der Waals surface area contributed by atoms with Crippen LogP contribution in [0.2, 0.25) is 0 Å². The van der Waals surface area contributed by atoms with Crippen LogP contribution >= 0.6 is 0 Å². The number of hydroxylamine groups is 1. The molecule has 0 radical (unpaired) electrons. The summed E-state index contributed by atoms with van der Waals surface area (Å²) in [5, 5.41) is 21.9. The second kappa shape index (κ2) is 10.8. The summed E-state index contributed by atoms with van der Waals surface area (Å²) < 4.78 is 0. The number of rotatable bonds is 9. The normalized spacial score (nSPS) is 12.1. The maximum atomic E-state index is 12.3. The summed E-state index contributed by atoms with van der Waals surface area (Å²) in [5.41, 5.74) is 4.68. The zero-order valence-electron chi connectivity index (χ0n) is 18.9. The smallest absolute Gasteiger partial charge is 0.255 e. The van der Waals surface area contributed by atoms with Crippen molar-refractivity contribution in [2.24, 2.45) is 5.41 Å². The van der Waals surface area contributed by atoms with Crippen LogP contribution in [0, 0.1) is 5.41 Å². The number of carbonyl (C=O) groups excluding carboxylic acids is 2. The molecule has 0 saturated carbocycles. The maximum Gasteiger partial charge on any atom is 0.255 e. The molecule has 4 N–H and O–H groups in total. The van der Waals surface area contributed by atoms with E-state index in [1.165, 1.54) is 6.07 Å². The number of para-hydroxylation sites is 1. The fourth-order valence-corrected chi connectivity index (χ4v) is 3.95. The molecule has 6 heteroatoms. The number of aromatic hydroxyl groups is 1. The molecule has 0 aliphatic carbocycles. The summed E-state index contributed by atoms with van der Waals surface area (Å²) in [6.07, 6.45) is 1.55. The Bertz CT molecular complexity index is 1080. The summed E-state index contributed by atoms with van der Waals surface area (Å²) in [6, 6.07) is 23.6. The Kier molecular flexibility index (Phi) is 7.85. The molecule has 0 spiro atoms. The van der Waals surface area contributed by atoms with Crippen molar-refractivity contribution in [1.82, 2.24) is 10.8 Å². The van der Waals surface area contributed by atoms with E-state index < -0.39 is 11.8 Å². The van der Waals surface area contributed by atoms with Crippen molar-refractivity contribution in [3.8, 4) is 5.75 Å². The van der Waals surface area contributed by atoms with Gasteiger partial charge in [0.1, 0.15) is 5.75 Å². The first kappa shape index (κ1) is 24.0. The molecule has 3 rings (SSSR count). The number of carbonyl (C=O) groups is 2. The summed E-state index contributed by atoms with van der Waals surface area (Å²) >= 11 is 0. The number of hydrogen-bond donors (Lipinski definition) is 4. The lowest BCUT2D eigenvalue weighted by atomic mass is 9.82. The Morgan fingerprint density at radius 3 is 2.12 bits per heavy atom. The van der Waals surface area contributed by atoms with Crippen molar-refractivity contribution in [3.63, 3.8) is 0 Å². The highest BCUT2D eigenvalue weighted by molar-refractivity contribution is 5.96. The third-order valence-corrected chi connectivity index (χ3v) is 5.74. The molecule has 3 aromatic rings. The Labute approximate surface area is 194 Å². The van der Waals surface area contributed by atoms with E-state index in [1.807, 2.05) is 54.6 Å². The quantitative estimate of drug-likeness (QED) is 0.289. The zero-order valence-corrected chi connectivity index (χ0v) is 18.9. The predicted molar refractivity (Wildman–Crippen MR) is 127 cm³/mol. The van der Waals surface area contributed by atoms with Crippen molar-refractivity contribution in [1.29, 1.82) is 0 Å². The second-order valence-electron chi connectivity index (χ2n) is 8.93. The first-order chi connectivity index (χ1) is 15.8. The molecule has 6 nitrogen and oxygen atoms in total. The highest BCUT2D eigenvalue weighted by Crippen LogP contribution is 2.29. The summed E-state index contributed by atoms with van der Waals surface area (Å²) in [7, 11) is 0. The van der Waals surface area contributed by atoms with Crippen LogP contribution in [0.3, 0.4) is 0 Å². The molecule has 0 saturated heterocycles. The molecule has 1 atom stereocenters. The van der Waals surface area contributed by atoms with Crippen LogP contribution in [0.1, 0.15) is 53.2 Å². The molecule has 0 bridgehead atoms. The number of phenols is 1. The van der Waals surface area contributed by atoms with Gasteiger partial charge in [-0.1, -0.05) is 80.6 Å². The predicted octanol–water partition coefficient (Wildman–Crippen LogP) is 4.42. The highest BCUT2D eigenvalue weighted by Gasteiger charge is 2.23. The van der Waals surface area contributed by atoms with Gasteiger partial charge in [-0.3, -0.25) is 14.8 Å². The van der Waals surface area contributed by atoms with Gasteiger partial charge in [-0.15, -0.1) is 0 Å². The van der Waals surface area contributed by atoms with Gasteiger partial charge in [0.15, 0.2) is 0 Å². The van der Waals surface area contributed by atoms with E-state index in [1.54, 1.807) is 23.7 Å². The third-order valence-electron chi connectivity index (χ3n) is 5.74. The van der Waals surface area contributed by atoms with Crippen LogP contribution in [0.25, 0.3) is 0 Å². The molecular weight excluding hydrogens is 416 g/mol. The lowest BCUT2D eigenvalue weighted by Crippen LogP contribution is -2.29. The largest absolute Gasteiger partial charge is 0.507 e. The van der Waals surface area contributed by atoms with Crippen LogP contribution in [-0.2, 0) is 11.2 Å². The van der Waals surface area contributed by atoms with Gasteiger partial charge in [-0.05, 0) is 47.1 Å². The maximum absolute atomic E-state index is 12.3. The van der Waals surface area contributed by atoms with E-state index in [2.05, 4.69) is 19.2 Å². The molecule has 3 aromatic carbocycles. The number of nitrogens with one attached hydrogen (secondary N) is 2. The van der Waals surface area contributed by atoms with Gasteiger partial charge in [0.05, 0.1) is 11.5 Å². The lowest BCUT2D eigenvalue weighted by Gasteiger charge is -2.25. The molecule has 2 amide bonds. The number of hydrogen-bond acceptors (Lipinski definition) is 4. The van der Waals surface area contributed by atoms with Gasteiger partial charge >= 0.3 is 0 Å². The van der Waals surface area contributed by atoms with E-state index >= 15 is 0 Å². The average molecular weight is 447 g/mol. The Hall–Kier alpha value is -3.64. The zero-order chi connectivity index (χ0) is 23.8. The number of amides is 2. The van der Waals surface area contributed by atoms with Gasteiger partial charge in [0, 0.05) is 6.54 Å². The minimum Gasteiger partial charge on any atom is -0.507 e. The van der Waals surface area contributed by atoms with Gasteiger partial charge in [0.25, 0.3) is 11.8 Å². The SMILES string of the molecule is CC(C)(CCNC(=O)c1ccccc1O)Cc1ccc(C(C(=O)NO)c2ccccc2)cc1. The molecule has 0 aliphatic rings. The summed E-state index contributed by atoms with van der Waals surface area (Å²) in [4.78, 5) is 24.6. The first-order valence-corrected chi connectivity index (χ1v) is 10.9. The van der Waals surface area contributed by atoms with E-state index in [0.717, 1.165) is 29.5 Å². The van der Waals surface area contributed by atoms with Crippen LogP contribution in [-0.4, -0.2) is 28.7 Å². The van der Waals surface area contributed by atoms with Gasteiger partial charge in [0.2, 0.25) is 0 Å². The molecule has 1 unspecified atom stereocenters. The van der Waals surface area contributed by atoms with E-state index in [0.29, 0.717) is 6.54 Å². The van der Waals surface area contributed by atoms with Crippen molar-refractivity contribution in [2.45, 2.75) is 32.6 Å². The minimum absolute atomic E-state index is 0.0296. The molecule has 0 aliphatic heterocycles. The monoisotopic (exact) mass is 446 g/mol. The lowest BCUT2D eigenvalue weighted by molar-refractivity contribution is -0.129. The van der Waals surface area contributed by atoms with Crippen molar-refractivity contribution >= 4 is 11.8 Å². The summed E-state index contributed by atoms with van der Waals surface area (Å²) in [6.45, 7) is 4.77. The highest BCUT2D eigenvalue weighted by atomic mass is 16.5. The van der Waals surface area contributed by atoms with Crippen LogP contribution in [0.4, 0.5) is 0 Å². The minimum atomic E-state index is -0.595. The van der Waals surface area contributed by atoms with Crippen molar-refractivity contribution in [3.05, 3.63) is 101 Å². The molecule has 0 fully saturated rings. The van der Waals surface area contributed by atoms with Gasteiger partial charge < -0.3 is 10.4 Å². The van der Waals surface area contributed by atoms with Crippen molar-refractivity contribution < 1.29 is 19.9 Å². The van der Waals surface area contributed by atoms with E-state index in [9.17, 15) is 19.9 Å². The molecule has 0 heterocycles. The van der Waals surface area contributed by atoms with E-state index in [4.69, 9.17) is 0 Å². The molecular formula is C27H30N2O4. The molecule has 0 aromatic heterocycles. The Morgan fingerprint density at radius 2 is 1.48 bits per heavy atom. The average Bonchev–Trinajstić information content (AvgIpc) is 2.81. The van der Waals surface area contributed by atoms with Gasteiger partial charge in [-0.25, -0.2) is 5.48 Å². The summed E-state index contributed by atoms with van der Waals surface area (Å²) in [5.74, 6) is -1.39. The standard InChI is InChI=1S/C27H30N2O4/c1-27(2,16-17-28-25(31)22-10-6-7-11-23(22)30)18-19-12-14-21(15-13-19)24(26(32)29-33)20-8-4-3-5-9-20/h3-15,24,30,33H,16-18H2,1-2H3,(H,28,31)(H,29,32). The second-order valence-corrected chi connectivity index (χ2v) is 8.93. The van der Waals surface area contributed by atoms with Crippen molar-refractivity contribution in [2.75, 3.05) is 6.54 Å². The topological polar surface area (TPSA) is 98.7 Å². The van der Waals surface area contributed by atoms with E-state index in [-0.39, 0.29) is 22.6 Å². The van der Waals surface area contributed by atoms with Gasteiger partial charge in [-0.2, -0.15) is 0 Å². The van der Waals surface area contributed by atoms with Crippen LogP contribution < -0.4 is 10.8 Å². The third kappa shape index (κ3) is 6.43.